The number of amides is 3. The molecule has 1 aromatic carbocycles. The number of rotatable bonds is 5. The number of aromatic hydroxyl groups is 1. The third-order valence-electron chi connectivity index (χ3n) is 5.52. The molecular weight excluding hydrogens is 462 g/mol. The number of para-hydroxylation sites is 1. The lowest BCUT2D eigenvalue weighted by Crippen LogP contribution is -2.52. The number of hydrogen-bond acceptors (Lipinski definition) is 7. The van der Waals surface area contributed by atoms with Crippen LogP contribution in [0.2, 0.25) is 5.02 Å². The Balaban J connectivity index is 1.32. The predicted octanol–water partition coefficient (Wildman–Crippen LogP) is 1.71. The molecule has 34 heavy (non-hydrogen) atoms. The lowest BCUT2D eigenvalue weighted by molar-refractivity contribution is -0.131. The summed E-state index contributed by atoms with van der Waals surface area (Å²) in [6.07, 6.45) is 1.26. The fraction of sp³-hybridized carbons (Fsp3) is 0.261. The van der Waals surface area contributed by atoms with Gasteiger partial charge in [-0.2, -0.15) is 0 Å². The number of hydrogen-bond donors (Lipinski definition) is 2. The van der Waals surface area contributed by atoms with Gasteiger partial charge >= 0.3 is 0 Å². The number of nitrogens with one attached hydrogen (secondary N) is 1. The molecule has 4 rings (SSSR count). The number of pyridine rings is 2. The molecule has 2 aromatic heterocycles. The van der Waals surface area contributed by atoms with Crippen molar-refractivity contribution in [1.82, 2.24) is 25.1 Å². The van der Waals surface area contributed by atoms with Gasteiger partial charge in [0.05, 0.1) is 24.7 Å². The van der Waals surface area contributed by atoms with Crippen molar-refractivity contribution in [2.45, 2.75) is 0 Å². The minimum atomic E-state index is -0.483. The molecule has 0 aliphatic carbocycles. The summed E-state index contributed by atoms with van der Waals surface area (Å²) in [7, 11) is 1.52. The van der Waals surface area contributed by atoms with E-state index < -0.39 is 5.91 Å². The molecule has 2 N–H and O–H groups in total. The van der Waals surface area contributed by atoms with Crippen LogP contribution in [0.5, 0.6) is 11.6 Å². The molecule has 176 valence electrons. The number of ether oxygens (including phenoxy) is 1. The summed E-state index contributed by atoms with van der Waals surface area (Å²) in [4.78, 5) is 49.0. The van der Waals surface area contributed by atoms with Crippen molar-refractivity contribution in [3.8, 4) is 11.6 Å². The number of nitrogens with zero attached hydrogens (tertiary/aromatic N) is 4. The van der Waals surface area contributed by atoms with Gasteiger partial charge in [-0.3, -0.25) is 14.4 Å². The largest absolute Gasteiger partial charge is 0.496 e. The van der Waals surface area contributed by atoms with Crippen LogP contribution in [0.25, 0.3) is 10.9 Å². The van der Waals surface area contributed by atoms with Crippen molar-refractivity contribution >= 4 is 40.2 Å². The monoisotopic (exact) mass is 483 g/mol. The van der Waals surface area contributed by atoms with E-state index in [9.17, 15) is 19.5 Å². The molecule has 3 amide bonds. The third kappa shape index (κ3) is 4.86. The van der Waals surface area contributed by atoms with Crippen molar-refractivity contribution in [3.63, 3.8) is 0 Å². The maximum absolute atomic E-state index is 12.6. The molecule has 1 saturated heterocycles. The Morgan fingerprint density at radius 2 is 1.82 bits per heavy atom. The highest BCUT2D eigenvalue weighted by Crippen LogP contribution is 2.25. The number of carbonyl (C=O) groups excluding carboxylic acids is 3. The Kier molecular flexibility index (Phi) is 6.78. The number of fused-ring (bicyclic) bond motifs is 1. The number of carbonyl (C=O) groups is 3. The van der Waals surface area contributed by atoms with E-state index in [0.717, 1.165) is 5.39 Å². The summed E-state index contributed by atoms with van der Waals surface area (Å²) in [5, 5.41) is 12.8. The minimum Gasteiger partial charge on any atom is -0.496 e. The Labute approximate surface area is 200 Å². The first-order chi connectivity index (χ1) is 16.4. The van der Waals surface area contributed by atoms with Crippen LogP contribution in [0.15, 0.2) is 42.6 Å². The van der Waals surface area contributed by atoms with Crippen LogP contribution in [-0.4, -0.2) is 82.4 Å². The molecule has 0 saturated carbocycles. The van der Waals surface area contributed by atoms with Crippen LogP contribution in [0.1, 0.15) is 20.8 Å². The van der Waals surface area contributed by atoms with Gasteiger partial charge < -0.3 is 25.0 Å². The number of aromatic nitrogens is 2. The van der Waals surface area contributed by atoms with Crippen molar-refractivity contribution < 1.29 is 24.2 Å². The van der Waals surface area contributed by atoms with E-state index in [1.165, 1.54) is 25.4 Å². The van der Waals surface area contributed by atoms with Crippen LogP contribution < -0.4 is 10.1 Å². The summed E-state index contributed by atoms with van der Waals surface area (Å²) in [6.45, 7) is 1.09. The zero-order chi connectivity index (χ0) is 24.2. The van der Waals surface area contributed by atoms with E-state index in [-0.39, 0.29) is 40.5 Å². The van der Waals surface area contributed by atoms with Gasteiger partial charge in [0.15, 0.2) is 0 Å². The molecule has 0 bridgehead atoms. The van der Waals surface area contributed by atoms with E-state index >= 15 is 0 Å². The Bertz CT molecular complexity index is 1260. The first-order valence-electron chi connectivity index (χ1n) is 10.5. The lowest BCUT2D eigenvalue weighted by atomic mass is 10.1. The molecule has 1 aliphatic rings. The molecule has 11 heteroatoms. The van der Waals surface area contributed by atoms with Crippen LogP contribution >= 0.6 is 11.6 Å². The smallest absolute Gasteiger partial charge is 0.270 e. The molecule has 3 aromatic rings. The second-order valence-electron chi connectivity index (χ2n) is 7.61. The Morgan fingerprint density at radius 3 is 2.53 bits per heavy atom. The van der Waals surface area contributed by atoms with Crippen LogP contribution in [-0.2, 0) is 4.79 Å². The maximum atomic E-state index is 12.6. The summed E-state index contributed by atoms with van der Waals surface area (Å²) in [5.74, 6) is -0.849. The normalized spacial score (nSPS) is 13.6. The van der Waals surface area contributed by atoms with Gasteiger partial charge in [-0.15, -0.1) is 0 Å². The number of piperazine rings is 1. The molecule has 0 atom stereocenters. The van der Waals surface area contributed by atoms with Gasteiger partial charge in [0.2, 0.25) is 11.8 Å². The van der Waals surface area contributed by atoms with E-state index in [1.807, 2.05) is 18.2 Å². The quantitative estimate of drug-likeness (QED) is 0.566. The molecule has 0 radical (unpaired) electrons. The highest BCUT2D eigenvalue weighted by molar-refractivity contribution is 6.32. The Morgan fingerprint density at radius 1 is 1.12 bits per heavy atom. The van der Waals surface area contributed by atoms with Crippen molar-refractivity contribution in [3.05, 3.63) is 58.9 Å². The maximum Gasteiger partial charge on any atom is 0.270 e. The second kappa shape index (κ2) is 9.92. The van der Waals surface area contributed by atoms with Crippen molar-refractivity contribution in [1.29, 1.82) is 0 Å². The van der Waals surface area contributed by atoms with Gasteiger partial charge in [0.1, 0.15) is 16.5 Å². The van der Waals surface area contributed by atoms with Crippen molar-refractivity contribution in [2.24, 2.45) is 0 Å². The van der Waals surface area contributed by atoms with Gasteiger partial charge in [0.25, 0.3) is 11.8 Å². The fourth-order valence-corrected chi connectivity index (χ4v) is 3.84. The van der Waals surface area contributed by atoms with Crippen LogP contribution in [0.4, 0.5) is 0 Å². The first-order valence-corrected chi connectivity index (χ1v) is 10.9. The van der Waals surface area contributed by atoms with E-state index in [2.05, 4.69) is 15.3 Å². The zero-order valence-corrected chi connectivity index (χ0v) is 19.1. The molecule has 0 unspecified atom stereocenters. The standard InChI is InChI=1S/C23H22ClN5O5/c1-34-19-11-18(27-17-5-3-2-4-15(17)19)22(32)26-13-20(30)28-6-8-29(9-7-28)23(33)14-10-16(24)21(31)25-12-14/h2-5,10-12H,6-9,13H2,1H3,(H,25,31)(H,26,32). The zero-order valence-electron chi connectivity index (χ0n) is 18.3. The van der Waals surface area contributed by atoms with Gasteiger partial charge in [-0.05, 0) is 18.2 Å². The highest BCUT2D eigenvalue weighted by atomic mass is 35.5. The highest BCUT2D eigenvalue weighted by Gasteiger charge is 2.26. The van der Waals surface area contributed by atoms with Crippen LogP contribution in [0, 0.1) is 0 Å². The molecule has 3 heterocycles. The first kappa shape index (κ1) is 23.2. The fourth-order valence-electron chi connectivity index (χ4n) is 3.68. The third-order valence-corrected chi connectivity index (χ3v) is 5.80. The summed E-state index contributed by atoms with van der Waals surface area (Å²) in [5.41, 5.74) is 1.03. The van der Waals surface area contributed by atoms with E-state index in [1.54, 1.807) is 15.9 Å². The number of methoxy groups -OCH3 is 1. The SMILES string of the molecule is COc1cc(C(=O)NCC(=O)N2CCN(C(=O)c3cnc(O)c(Cl)c3)CC2)nc2ccccc12. The second-order valence-corrected chi connectivity index (χ2v) is 8.02. The summed E-state index contributed by atoms with van der Waals surface area (Å²) < 4.78 is 5.36. The molecule has 0 spiro atoms. The predicted molar refractivity (Wildman–Crippen MR) is 124 cm³/mol. The molecule has 1 fully saturated rings. The van der Waals surface area contributed by atoms with Gasteiger partial charge in [-0.1, -0.05) is 23.7 Å². The average molecular weight is 484 g/mol. The molecular formula is C23H22ClN5O5. The lowest BCUT2D eigenvalue weighted by Gasteiger charge is -2.34. The Hall–Kier alpha value is -3.92. The van der Waals surface area contributed by atoms with Crippen LogP contribution in [0.3, 0.4) is 0 Å². The molecule has 1 aliphatic heterocycles. The number of halogens is 1. The average Bonchev–Trinajstić information content (AvgIpc) is 2.87. The molecule has 10 nitrogen and oxygen atoms in total. The van der Waals surface area contributed by atoms with Gasteiger partial charge in [0, 0.05) is 43.8 Å². The minimum absolute atomic E-state index is 0.00562. The van der Waals surface area contributed by atoms with E-state index in [4.69, 9.17) is 16.3 Å². The van der Waals surface area contributed by atoms with Gasteiger partial charge in [-0.25, -0.2) is 9.97 Å². The van der Waals surface area contributed by atoms with E-state index in [0.29, 0.717) is 37.4 Å². The summed E-state index contributed by atoms with van der Waals surface area (Å²) >= 11 is 5.83. The van der Waals surface area contributed by atoms with Crippen molar-refractivity contribution in [2.75, 3.05) is 39.8 Å². The topological polar surface area (TPSA) is 125 Å². The number of benzene rings is 1. The summed E-state index contributed by atoms with van der Waals surface area (Å²) in [6, 6.07) is 10.2.